The Morgan fingerprint density at radius 1 is 0.941 bits per heavy atom. The van der Waals surface area contributed by atoms with Gasteiger partial charge in [-0.25, -0.2) is 0 Å². The maximum absolute atomic E-state index is 8.51. The molecule has 6 heteroatoms. The Bertz CT molecular complexity index is 240. The Morgan fingerprint density at radius 3 is 1.76 bits per heavy atom. The Hall–Kier alpha value is -0.0913. The minimum absolute atomic E-state index is 0.0629. The van der Waals surface area contributed by atoms with Crippen LogP contribution in [-0.4, -0.2) is 23.8 Å². The molecule has 0 saturated heterocycles. The van der Waals surface area contributed by atoms with Gasteiger partial charge in [-0.15, -0.1) is 0 Å². The molecule has 98 valence electrons. The van der Waals surface area contributed by atoms with Crippen molar-refractivity contribution in [3.8, 4) is 6.07 Å². The van der Waals surface area contributed by atoms with Gasteiger partial charge < -0.3 is 8.69 Å². The Morgan fingerprint density at radius 2 is 1.41 bits per heavy atom. The third kappa shape index (κ3) is 12.2. The number of nitrogens with zero attached hydrogens (tertiary/aromatic N) is 1. The number of nitriles is 1. The monoisotopic (exact) mass is 271 g/mol. The van der Waals surface area contributed by atoms with Crippen LogP contribution in [0.2, 0.25) is 45.6 Å². The number of unbranched alkanes of at least 4 members (excludes halogenated alkanes) is 2. The van der Waals surface area contributed by atoms with Gasteiger partial charge in [-0.3, -0.25) is 0 Å². The molecule has 0 spiro atoms. The largest absolute Gasteiger partial charge is 0.454 e. The molecule has 17 heavy (non-hydrogen) atoms. The maximum Gasteiger partial charge on any atom is 0.435 e. The van der Waals surface area contributed by atoms with E-state index in [0.29, 0.717) is 6.42 Å². The lowest BCUT2D eigenvalue weighted by atomic mass is 9.83. The van der Waals surface area contributed by atoms with Crippen LogP contribution in [0.5, 0.6) is 0 Å². The summed E-state index contributed by atoms with van der Waals surface area (Å²) < 4.78 is 12.1. The van der Waals surface area contributed by atoms with E-state index < -0.39 is 16.6 Å². The molecule has 0 amide bonds. The standard InChI is InChI=1S/C11H26BNO2Si2/c1-16(2,3)14-12(15-17(4,5)6)10-8-7-9-11-13/h7-10H2,1-6H3. The third-order valence-corrected chi connectivity index (χ3v) is 3.89. The lowest BCUT2D eigenvalue weighted by Gasteiger charge is -2.29. The van der Waals surface area contributed by atoms with Crippen LogP contribution in [0.25, 0.3) is 0 Å². The zero-order chi connectivity index (χ0) is 13.5. The second kappa shape index (κ2) is 7.37. The van der Waals surface area contributed by atoms with Crippen LogP contribution in [-0.2, 0) is 8.69 Å². The van der Waals surface area contributed by atoms with E-state index in [-0.39, 0.29) is 7.12 Å². The van der Waals surface area contributed by atoms with E-state index in [2.05, 4.69) is 45.4 Å². The van der Waals surface area contributed by atoms with Gasteiger partial charge in [-0.1, -0.05) is 6.42 Å². The van der Waals surface area contributed by atoms with E-state index in [1.54, 1.807) is 0 Å². The minimum Gasteiger partial charge on any atom is -0.454 e. The maximum atomic E-state index is 8.51. The highest BCUT2D eigenvalue weighted by atomic mass is 28.4. The summed E-state index contributed by atoms with van der Waals surface area (Å²) in [6.45, 7) is 13.1. The fourth-order valence-electron chi connectivity index (χ4n) is 1.45. The summed E-state index contributed by atoms with van der Waals surface area (Å²) in [5.41, 5.74) is 0. The smallest absolute Gasteiger partial charge is 0.435 e. The Balaban J connectivity index is 4.17. The van der Waals surface area contributed by atoms with Gasteiger partial charge in [0, 0.05) is 6.42 Å². The van der Waals surface area contributed by atoms with E-state index in [0.717, 1.165) is 19.2 Å². The van der Waals surface area contributed by atoms with Crippen LogP contribution in [0.1, 0.15) is 19.3 Å². The molecule has 0 aromatic carbocycles. The molecule has 3 nitrogen and oxygen atoms in total. The van der Waals surface area contributed by atoms with Crippen LogP contribution in [0.4, 0.5) is 0 Å². The zero-order valence-corrected chi connectivity index (χ0v) is 14.2. The first kappa shape index (κ1) is 16.9. The average molecular weight is 271 g/mol. The fraction of sp³-hybridized carbons (Fsp3) is 0.909. The first-order chi connectivity index (χ1) is 7.64. The molecule has 0 radical (unpaired) electrons. The second-order valence-electron chi connectivity index (χ2n) is 6.29. The van der Waals surface area contributed by atoms with Crippen molar-refractivity contribution in [3.63, 3.8) is 0 Å². The van der Waals surface area contributed by atoms with Crippen molar-refractivity contribution >= 4 is 23.8 Å². The molecule has 0 atom stereocenters. The highest BCUT2D eigenvalue weighted by Crippen LogP contribution is 2.16. The highest BCUT2D eigenvalue weighted by Gasteiger charge is 2.30. The van der Waals surface area contributed by atoms with Gasteiger partial charge in [0.1, 0.15) is 0 Å². The molecule has 0 aromatic heterocycles. The van der Waals surface area contributed by atoms with Gasteiger partial charge in [0.25, 0.3) is 0 Å². The number of rotatable bonds is 8. The molecule has 0 N–H and O–H groups in total. The van der Waals surface area contributed by atoms with Crippen molar-refractivity contribution < 1.29 is 8.69 Å². The summed E-state index contributed by atoms with van der Waals surface area (Å²) in [5.74, 6) is 0. The van der Waals surface area contributed by atoms with Crippen LogP contribution in [0.3, 0.4) is 0 Å². The topological polar surface area (TPSA) is 42.2 Å². The molecule has 0 heterocycles. The minimum atomic E-state index is -1.56. The van der Waals surface area contributed by atoms with Crippen molar-refractivity contribution in [3.05, 3.63) is 0 Å². The summed E-state index contributed by atoms with van der Waals surface area (Å²) in [4.78, 5) is 0. The van der Waals surface area contributed by atoms with Crippen molar-refractivity contribution in [1.82, 2.24) is 0 Å². The van der Waals surface area contributed by atoms with Gasteiger partial charge in [0.05, 0.1) is 6.07 Å². The van der Waals surface area contributed by atoms with Gasteiger partial charge in [-0.2, -0.15) is 5.26 Å². The highest BCUT2D eigenvalue weighted by molar-refractivity contribution is 6.81. The van der Waals surface area contributed by atoms with E-state index in [9.17, 15) is 0 Å². The quantitative estimate of drug-likeness (QED) is 0.497. The lowest BCUT2D eigenvalue weighted by molar-refractivity contribution is 0.414. The SMILES string of the molecule is C[Si](C)(C)OB(CCCCC#N)O[Si](C)(C)C. The molecule has 0 aliphatic carbocycles. The van der Waals surface area contributed by atoms with Crippen LogP contribution in [0, 0.1) is 11.3 Å². The van der Waals surface area contributed by atoms with Crippen molar-refractivity contribution in [1.29, 1.82) is 5.26 Å². The predicted molar refractivity (Wildman–Crippen MR) is 78.9 cm³/mol. The molecular formula is C11H26BNO2Si2. The summed E-state index contributed by atoms with van der Waals surface area (Å²) in [6.07, 6.45) is 3.49. The van der Waals surface area contributed by atoms with Crippen molar-refractivity contribution in [2.45, 2.75) is 64.9 Å². The summed E-state index contributed by atoms with van der Waals surface area (Å²) in [6, 6.07) is 2.17. The third-order valence-electron chi connectivity index (χ3n) is 1.95. The molecule has 0 aromatic rings. The van der Waals surface area contributed by atoms with Gasteiger partial charge >= 0.3 is 7.12 Å². The summed E-state index contributed by atoms with van der Waals surface area (Å²) in [5, 5.41) is 8.51. The zero-order valence-electron chi connectivity index (χ0n) is 12.2. The van der Waals surface area contributed by atoms with Crippen LogP contribution >= 0.6 is 0 Å². The lowest BCUT2D eigenvalue weighted by Crippen LogP contribution is -2.43. The molecule has 0 rings (SSSR count). The second-order valence-corrected chi connectivity index (χ2v) is 15.2. The van der Waals surface area contributed by atoms with Crippen LogP contribution in [0.15, 0.2) is 0 Å². The van der Waals surface area contributed by atoms with Crippen molar-refractivity contribution in [2.75, 3.05) is 0 Å². The van der Waals surface area contributed by atoms with Crippen molar-refractivity contribution in [2.24, 2.45) is 0 Å². The molecule has 0 unspecified atom stereocenters. The summed E-state index contributed by atoms with van der Waals surface area (Å²) in [7, 11) is -3.18. The fourth-order valence-corrected chi connectivity index (χ4v) is 3.45. The Kier molecular flexibility index (Phi) is 7.33. The first-order valence-electron chi connectivity index (χ1n) is 6.37. The molecule has 0 aliphatic heterocycles. The molecule has 0 aliphatic rings. The Labute approximate surface area is 109 Å². The van der Waals surface area contributed by atoms with E-state index >= 15 is 0 Å². The molecule has 0 bridgehead atoms. The number of hydrogen-bond acceptors (Lipinski definition) is 3. The molecule has 0 fully saturated rings. The number of hydrogen-bond donors (Lipinski definition) is 0. The normalized spacial score (nSPS) is 12.3. The molecule has 0 saturated carbocycles. The van der Waals surface area contributed by atoms with Gasteiger partial charge in [0.2, 0.25) is 0 Å². The van der Waals surface area contributed by atoms with Crippen LogP contribution < -0.4 is 0 Å². The van der Waals surface area contributed by atoms with Gasteiger partial charge in [0.15, 0.2) is 16.6 Å². The average Bonchev–Trinajstić information content (AvgIpc) is 2.06. The van der Waals surface area contributed by atoms with E-state index in [4.69, 9.17) is 13.9 Å². The molecular weight excluding hydrogens is 245 g/mol. The first-order valence-corrected chi connectivity index (χ1v) is 13.2. The summed E-state index contributed by atoms with van der Waals surface area (Å²) >= 11 is 0. The van der Waals surface area contributed by atoms with E-state index in [1.165, 1.54) is 0 Å². The van der Waals surface area contributed by atoms with E-state index in [1.807, 2.05) is 0 Å². The van der Waals surface area contributed by atoms with Gasteiger partial charge in [-0.05, 0) is 52.0 Å². The predicted octanol–water partition coefficient (Wildman–Crippen LogP) is 3.87.